The van der Waals surface area contributed by atoms with Crippen molar-refractivity contribution in [3.05, 3.63) is 10.4 Å². The van der Waals surface area contributed by atoms with E-state index in [0.29, 0.717) is 0 Å². The molecular weight excluding hydrogens is 306 g/mol. The molecule has 2 saturated heterocycles. The van der Waals surface area contributed by atoms with Crippen molar-refractivity contribution in [1.82, 2.24) is 0 Å². The standard InChI is InChI=1S/C14H23N3O6/c1-7(2)20-12(18)8(16-17-15)6-9-10-11(13(19-5)21-9)23-14(3,4)22-10/h7-11,13H,6H2,1-5H3/t8-,9+,10-,11-,13-/m0/s1. The summed E-state index contributed by atoms with van der Waals surface area (Å²) in [5.41, 5.74) is 8.69. The third-order valence-electron chi connectivity index (χ3n) is 3.61. The minimum absolute atomic E-state index is 0.135. The van der Waals surface area contributed by atoms with Crippen LogP contribution in [0.2, 0.25) is 0 Å². The molecule has 0 aromatic rings. The van der Waals surface area contributed by atoms with Gasteiger partial charge in [-0.2, -0.15) is 0 Å². The second-order valence-electron chi connectivity index (χ2n) is 6.29. The molecule has 2 rings (SSSR count). The second kappa shape index (κ2) is 7.02. The van der Waals surface area contributed by atoms with Crippen LogP contribution in [0.5, 0.6) is 0 Å². The van der Waals surface area contributed by atoms with E-state index in [-0.39, 0.29) is 12.5 Å². The van der Waals surface area contributed by atoms with Crippen LogP contribution in [0.1, 0.15) is 34.1 Å². The Labute approximate surface area is 134 Å². The monoisotopic (exact) mass is 329 g/mol. The van der Waals surface area contributed by atoms with Gasteiger partial charge in [0.25, 0.3) is 0 Å². The fraction of sp³-hybridized carbons (Fsp3) is 0.929. The number of carbonyl (C=O) groups excluding carboxylic acids is 1. The summed E-state index contributed by atoms with van der Waals surface area (Å²) >= 11 is 0. The highest BCUT2D eigenvalue weighted by Crippen LogP contribution is 2.40. The van der Waals surface area contributed by atoms with Crippen LogP contribution in [0, 0.1) is 0 Å². The molecule has 2 fully saturated rings. The molecule has 0 aromatic heterocycles. The highest BCUT2D eigenvalue weighted by molar-refractivity contribution is 5.76. The normalized spacial score (nSPS) is 33.1. The first-order valence-electron chi connectivity index (χ1n) is 7.56. The lowest BCUT2D eigenvalue weighted by Crippen LogP contribution is -2.35. The Kier molecular flexibility index (Phi) is 5.49. The van der Waals surface area contributed by atoms with Gasteiger partial charge in [-0.3, -0.25) is 4.79 Å². The zero-order valence-corrected chi connectivity index (χ0v) is 14.0. The third-order valence-corrected chi connectivity index (χ3v) is 3.61. The van der Waals surface area contributed by atoms with Gasteiger partial charge in [-0.1, -0.05) is 5.11 Å². The molecule has 0 N–H and O–H groups in total. The Hall–Kier alpha value is -1.38. The molecular formula is C14H23N3O6. The number of hydrogen-bond donors (Lipinski definition) is 0. The maximum absolute atomic E-state index is 12.1. The largest absolute Gasteiger partial charge is 0.463 e. The molecule has 0 radical (unpaired) electrons. The Balaban J connectivity index is 2.10. The maximum atomic E-state index is 12.1. The highest BCUT2D eigenvalue weighted by Gasteiger charge is 2.56. The summed E-state index contributed by atoms with van der Waals surface area (Å²) in [5.74, 6) is -1.35. The lowest BCUT2D eigenvalue weighted by Gasteiger charge is -2.24. The molecule has 5 atom stereocenters. The van der Waals surface area contributed by atoms with Gasteiger partial charge in [0.1, 0.15) is 18.2 Å². The topological polar surface area (TPSA) is 112 Å². The van der Waals surface area contributed by atoms with Gasteiger partial charge in [-0.05, 0) is 39.6 Å². The fourth-order valence-corrected chi connectivity index (χ4v) is 2.81. The van der Waals surface area contributed by atoms with Gasteiger partial charge in [0.15, 0.2) is 12.1 Å². The summed E-state index contributed by atoms with van der Waals surface area (Å²) in [6.45, 7) is 7.05. The first-order chi connectivity index (χ1) is 10.8. The Morgan fingerprint density at radius 3 is 2.57 bits per heavy atom. The molecule has 23 heavy (non-hydrogen) atoms. The predicted octanol–water partition coefficient (Wildman–Crippen LogP) is 1.90. The van der Waals surface area contributed by atoms with Crippen LogP contribution in [-0.2, 0) is 28.5 Å². The Morgan fingerprint density at radius 1 is 1.35 bits per heavy atom. The number of rotatable bonds is 6. The molecule has 0 saturated carbocycles. The van der Waals surface area contributed by atoms with Crippen LogP contribution in [-0.4, -0.2) is 55.6 Å². The lowest BCUT2D eigenvalue weighted by atomic mass is 10.0. The molecule has 2 heterocycles. The van der Waals surface area contributed by atoms with Gasteiger partial charge in [-0.15, -0.1) is 0 Å². The van der Waals surface area contributed by atoms with Gasteiger partial charge >= 0.3 is 5.97 Å². The number of hydrogen-bond acceptors (Lipinski definition) is 7. The molecule has 0 bridgehead atoms. The Morgan fingerprint density at radius 2 is 2.00 bits per heavy atom. The summed E-state index contributed by atoms with van der Waals surface area (Å²) in [5, 5.41) is 3.53. The zero-order chi connectivity index (χ0) is 17.2. The van der Waals surface area contributed by atoms with Crippen LogP contribution >= 0.6 is 0 Å². The van der Waals surface area contributed by atoms with Crippen molar-refractivity contribution in [3.8, 4) is 0 Å². The van der Waals surface area contributed by atoms with E-state index in [1.165, 1.54) is 7.11 Å². The molecule has 2 aliphatic rings. The summed E-state index contributed by atoms with van der Waals surface area (Å²) in [6, 6.07) is -0.990. The molecule has 9 heteroatoms. The quantitative estimate of drug-likeness (QED) is 0.318. The zero-order valence-electron chi connectivity index (χ0n) is 14.0. The van der Waals surface area contributed by atoms with E-state index >= 15 is 0 Å². The fourth-order valence-electron chi connectivity index (χ4n) is 2.81. The molecule has 0 amide bonds. The van der Waals surface area contributed by atoms with Crippen molar-refractivity contribution in [2.45, 2.75) is 76.7 Å². The van der Waals surface area contributed by atoms with E-state index in [4.69, 9.17) is 29.2 Å². The number of azide groups is 1. The number of carbonyl (C=O) groups is 1. The van der Waals surface area contributed by atoms with Crippen LogP contribution in [0.4, 0.5) is 0 Å². The molecule has 0 spiro atoms. The molecule has 2 aliphatic heterocycles. The average molecular weight is 329 g/mol. The molecule has 9 nitrogen and oxygen atoms in total. The predicted molar refractivity (Wildman–Crippen MR) is 78.3 cm³/mol. The average Bonchev–Trinajstić information content (AvgIpc) is 2.91. The van der Waals surface area contributed by atoms with Crippen LogP contribution < -0.4 is 0 Å². The SMILES string of the molecule is CO[C@H]1O[C@H](C[C@H](N=[N+]=[N-])C(=O)OC(C)C)[C@@H]2OC(C)(C)O[C@H]12. The van der Waals surface area contributed by atoms with Crippen LogP contribution in [0.15, 0.2) is 5.11 Å². The van der Waals surface area contributed by atoms with Gasteiger partial charge in [0.2, 0.25) is 0 Å². The first kappa shape index (κ1) is 18.0. The van der Waals surface area contributed by atoms with Gasteiger partial charge in [0.05, 0.1) is 12.2 Å². The van der Waals surface area contributed by atoms with E-state index in [0.717, 1.165) is 0 Å². The summed E-state index contributed by atoms with van der Waals surface area (Å²) in [6.07, 6.45) is -2.06. The molecule has 0 aromatic carbocycles. The third kappa shape index (κ3) is 4.13. The van der Waals surface area contributed by atoms with Crippen molar-refractivity contribution < 1.29 is 28.5 Å². The van der Waals surface area contributed by atoms with Gasteiger partial charge < -0.3 is 23.7 Å². The number of ether oxygens (including phenoxy) is 5. The number of fused-ring (bicyclic) bond motifs is 1. The molecule has 0 unspecified atom stereocenters. The molecule has 0 aliphatic carbocycles. The number of esters is 1. The number of methoxy groups -OCH3 is 1. The van der Waals surface area contributed by atoms with Crippen LogP contribution in [0.25, 0.3) is 10.4 Å². The van der Waals surface area contributed by atoms with Crippen molar-refractivity contribution in [3.63, 3.8) is 0 Å². The summed E-state index contributed by atoms with van der Waals surface area (Å²) in [4.78, 5) is 14.8. The van der Waals surface area contributed by atoms with E-state index < -0.39 is 42.4 Å². The van der Waals surface area contributed by atoms with Crippen molar-refractivity contribution in [1.29, 1.82) is 0 Å². The van der Waals surface area contributed by atoms with Crippen LogP contribution in [0.3, 0.4) is 0 Å². The minimum Gasteiger partial charge on any atom is -0.463 e. The van der Waals surface area contributed by atoms with Gasteiger partial charge in [0, 0.05) is 12.0 Å². The summed E-state index contributed by atoms with van der Waals surface area (Å²) in [7, 11) is 1.51. The highest BCUT2D eigenvalue weighted by atomic mass is 16.8. The van der Waals surface area contributed by atoms with E-state index in [1.807, 2.05) is 0 Å². The van der Waals surface area contributed by atoms with Crippen molar-refractivity contribution >= 4 is 5.97 Å². The first-order valence-corrected chi connectivity index (χ1v) is 7.56. The van der Waals surface area contributed by atoms with E-state index in [1.54, 1.807) is 27.7 Å². The van der Waals surface area contributed by atoms with E-state index in [9.17, 15) is 4.79 Å². The lowest BCUT2D eigenvalue weighted by molar-refractivity contribution is -0.228. The van der Waals surface area contributed by atoms with Crippen molar-refractivity contribution in [2.75, 3.05) is 7.11 Å². The van der Waals surface area contributed by atoms with Crippen molar-refractivity contribution in [2.24, 2.45) is 5.11 Å². The Bertz CT molecular complexity index is 491. The number of nitrogens with zero attached hydrogens (tertiary/aromatic N) is 3. The second-order valence-corrected chi connectivity index (χ2v) is 6.29. The summed E-state index contributed by atoms with van der Waals surface area (Å²) < 4.78 is 27.8. The van der Waals surface area contributed by atoms with Gasteiger partial charge in [-0.25, -0.2) is 0 Å². The van der Waals surface area contributed by atoms with E-state index in [2.05, 4.69) is 10.0 Å². The maximum Gasteiger partial charge on any atom is 0.315 e. The molecule has 130 valence electrons. The minimum atomic E-state index is -0.990. The smallest absolute Gasteiger partial charge is 0.315 e.